The fraction of sp³-hybridized carbons (Fsp3) is 0.182. The Kier molecular flexibility index (Phi) is 4.13. The predicted molar refractivity (Wildman–Crippen MR) is 73.0 cm³/mol. The zero-order valence-corrected chi connectivity index (χ0v) is 11.8. The summed E-state index contributed by atoms with van der Waals surface area (Å²) in [6, 6.07) is 4.64. The molecule has 0 spiro atoms. The largest absolute Gasteiger partial charge is 0.371 e. The summed E-state index contributed by atoms with van der Waals surface area (Å²) < 4.78 is 27.7. The van der Waals surface area contributed by atoms with Crippen molar-refractivity contribution in [3.8, 4) is 0 Å². The molecule has 2 aromatic heterocycles. The Hall–Kier alpha value is -1.21. The summed E-state index contributed by atoms with van der Waals surface area (Å²) in [5.41, 5.74) is 0. The maximum absolute atomic E-state index is 13.5. The van der Waals surface area contributed by atoms with Crippen LogP contribution in [-0.2, 0) is 6.54 Å². The van der Waals surface area contributed by atoms with Crippen molar-refractivity contribution >= 4 is 38.9 Å². The molecule has 7 heteroatoms. The topological polar surface area (TPSA) is 37.0 Å². The Morgan fingerprint density at radius 2 is 2.00 bits per heavy atom. The van der Waals surface area contributed by atoms with Crippen LogP contribution in [-0.4, -0.2) is 12.0 Å². The van der Waals surface area contributed by atoms with E-state index in [9.17, 15) is 8.78 Å². The van der Waals surface area contributed by atoms with E-state index in [1.54, 1.807) is 11.3 Å². The second-order valence-corrected chi connectivity index (χ2v) is 6.01. The number of aromatic nitrogens is 1. The van der Waals surface area contributed by atoms with Crippen LogP contribution >= 0.6 is 27.3 Å². The smallest absolute Gasteiger partial charge is 0.168 e. The normalized spacial score (nSPS) is 10.4. The minimum absolute atomic E-state index is 0.0197. The van der Waals surface area contributed by atoms with Crippen LogP contribution in [0.1, 0.15) is 4.88 Å². The van der Waals surface area contributed by atoms with Crippen molar-refractivity contribution in [3.05, 3.63) is 38.5 Å². The molecule has 0 radical (unpaired) electrons. The first-order chi connectivity index (χ1) is 8.60. The fourth-order valence-electron chi connectivity index (χ4n) is 1.38. The maximum atomic E-state index is 13.5. The highest BCUT2D eigenvalue weighted by atomic mass is 79.9. The van der Waals surface area contributed by atoms with Crippen LogP contribution in [0.4, 0.5) is 20.4 Å². The minimum atomic E-state index is -0.709. The van der Waals surface area contributed by atoms with Gasteiger partial charge in [-0.15, -0.1) is 11.3 Å². The van der Waals surface area contributed by atoms with Crippen LogP contribution in [0.2, 0.25) is 0 Å². The van der Waals surface area contributed by atoms with E-state index in [0.717, 1.165) is 14.7 Å². The zero-order chi connectivity index (χ0) is 13.1. The van der Waals surface area contributed by atoms with Gasteiger partial charge in [-0.05, 0) is 28.1 Å². The van der Waals surface area contributed by atoms with Crippen molar-refractivity contribution in [2.24, 2.45) is 0 Å². The molecule has 0 aliphatic carbocycles. The minimum Gasteiger partial charge on any atom is -0.371 e. The molecule has 18 heavy (non-hydrogen) atoms. The molecule has 0 bridgehead atoms. The van der Waals surface area contributed by atoms with E-state index in [-0.39, 0.29) is 11.6 Å². The molecule has 0 saturated heterocycles. The van der Waals surface area contributed by atoms with Gasteiger partial charge in [0.15, 0.2) is 23.3 Å². The summed E-state index contributed by atoms with van der Waals surface area (Å²) >= 11 is 4.89. The van der Waals surface area contributed by atoms with Gasteiger partial charge in [0.2, 0.25) is 0 Å². The molecule has 0 aliphatic rings. The number of thiophene rings is 1. The van der Waals surface area contributed by atoms with Gasteiger partial charge in [0, 0.05) is 18.0 Å². The Labute approximate surface area is 115 Å². The number of pyridine rings is 1. The lowest BCUT2D eigenvalue weighted by atomic mass is 10.4. The average molecular weight is 334 g/mol. The number of hydrogen-bond donors (Lipinski definition) is 2. The fourth-order valence-corrected chi connectivity index (χ4v) is 2.81. The first kappa shape index (κ1) is 13.2. The molecule has 96 valence electrons. The molecule has 0 amide bonds. The van der Waals surface area contributed by atoms with Crippen molar-refractivity contribution in [2.75, 3.05) is 17.7 Å². The Bertz CT molecular complexity index is 559. The molecule has 2 rings (SSSR count). The molecule has 2 N–H and O–H groups in total. The van der Waals surface area contributed by atoms with Gasteiger partial charge in [0.05, 0.1) is 10.3 Å². The Morgan fingerprint density at radius 3 is 2.61 bits per heavy atom. The number of nitrogens with zero attached hydrogens (tertiary/aromatic N) is 1. The molecule has 2 heterocycles. The molecule has 0 fully saturated rings. The molecule has 3 nitrogen and oxygen atoms in total. The summed E-state index contributed by atoms with van der Waals surface area (Å²) in [7, 11) is 1.53. The summed E-state index contributed by atoms with van der Waals surface area (Å²) in [5.74, 6) is -1.36. The third kappa shape index (κ3) is 2.97. The summed E-state index contributed by atoms with van der Waals surface area (Å²) in [6.07, 6.45) is 0. The van der Waals surface area contributed by atoms with Crippen LogP contribution in [0.15, 0.2) is 22.0 Å². The second-order valence-electron chi connectivity index (χ2n) is 3.46. The first-order valence-electron chi connectivity index (χ1n) is 5.12. The van der Waals surface area contributed by atoms with Crippen LogP contribution < -0.4 is 10.6 Å². The molecular weight excluding hydrogens is 324 g/mol. The Balaban J connectivity index is 2.13. The Morgan fingerprint density at radius 1 is 1.28 bits per heavy atom. The van der Waals surface area contributed by atoms with E-state index in [4.69, 9.17) is 0 Å². The van der Waals surface area contributed by atoms with Crippen molar-refractivity contribution < 1.29 is 8.78 Å². The van der Waals surface area contributed by atoms with E-state index < -0.39 is 11.6 Å². The van der Waals surface area contributed by atoms with E-state index in [1.165, 1.54) is 7.05 Å². The highest BCUT2D eigenvalue weighted by Gasteiger charge is 2.10. The molecular formula is C11H10BrF2N3S. The number of rotatable bonds is 4. The van der Waals surface area contributed by atoms with Crippen molar-refractivity contribution in [1.29, 1.82) is 0 Å². The van der Waals surface area contributed by atoms with Gasteiger partial charge in [-0.25, -0.2) is 13.8 Å². The lowest BCUT2D eigenvalue weighted by molar-refractivity contribution is 0.579. The standard InChI is InChI=1S/C11H10BrF2N3S/c1-15-10-7(13)4-8(14)11(17-10)16-5-6-2-3-9(12)18-6/h2-4H,5H2,1H3,(H2,15,16,17). The molecule has 0 unspecified atom stereocenters. The highest BCUT2D eigenvalue weighted by molar-refractivity contribution is 9.11. The van der Waals surface area contributed by atoms with Gasteiger partial charge in [-0.1, -0.05) is 0 Å². The van der Waals surface area contributed by atoms with Crippen LogP contribution in [0.3, 0.4) is 0 Å². The van der Waals surface area contributed by atoms with Crippen LogP contribution in [0.25, 0.3) is 0 Å². The third-order valence-electron chi connectivity index (χ3n) is 2.23. The molecule has 2 aromatic rings. The third-order valence-corrected chi connectivity index (χ3v) is 3.85. The first-order valence-corrected chi connectivity index (χ1v) is 6.73. The lowest BCUT2D eigenvalue weighted by Gasteiger charge is -2.08. The molecule has 0 aromatic carbocycles. The average Bonchev–Trinajstić information content (AvgIpc) is 2.74. The SMILES string of the molecule is CNc1nc(NCc2ccc(Br)s2)c(F)cc1F. The summed E-state index contributed by atoms with van der Waals surface area (Å²) in [6.45, 7) is 0.439. The summed E-state index contributed by atoms with van der Waals surface area (Å²) in [4.78, 5) is 4.86. The molecule has 0 atom stereocenters. The van der Waals surface area contributed by atoms with Crippen molar-refractivity contribution in [1.82, 2.24) is 4.98 Å². The van der Waals surface area contributed by atoms with Gasteiger partial charge >= 0.3 is 0 Å². The van der Waals surface area contributed by atoms with Gasteiger partial charge in [0.1, 0.15) is 0 Å². The lowest BCUT2D eigenvalue weighted by Crippen LogP contribution is -2.06. The van der Waals surface area contributed by atoms with Crippen molar-refractivity contribution in [3.63, 3.8) is 0 Å². The van der Waals surface area contributed by atoms with Crippen LogP contribution in [0.5, 0.6) is 0 Å². The number of nitrogens with one attached hydrogen (secondary N) is 2. The van der Waals surface area contributed by atoms with E-state index >= 15 is 0 Å². The zero-order valence-electron chi connectivity index (χ0n) is 9.43. The van der Waals surface area contributed by atoms with Crippen molar-refractivity contribution in [2.45, 2.75) is 6.54 Å². The number of hydrogen-bond acceptors (Lipinski definition) is 4. The molecule has 0 aliphatic heterocycles. The van der Waals surface area contributed by atoms with Gasteiger partial charge < -0.3 is 10.6 Å². The quantitative estimate of drug-likeness (QED) is 0.892. The van der Waals surface area contributed by atoms with Gasteiger partial charge in [-0.3, -0.25) is 0 Å². The highest BCUT2D eigenvalue weighted by Crippen LogP contribution is 2.24. The van der Waals surface area contributed by atoms with Crippen LogP contribution in [0, 0.1) is 11.6 Å². The van der Waals surface area contributed by atoms with E-state index in [0.29, 0.717) is 6.54 Å². The number of anilines is 2. The van der Waals surface area contributed by atoms with E-state index in [1.807, 2.05) is 12.1 Å². The van der Waals surface area contributed by atoms with Gasteiger partial charge in [0.25, 0.3) is 0 Å². The summed E-state index contributed by atoms with van der Waals surface area (Å²) in [5, 5.41) is 5.41. The predicted octanol–water partition coefficient (Wildman–Crippen LogP) is 3.84. The molecule has 0 saturated carbocycles. The monoisotopic (exact) mass is 333 g/mol. The second kappa shape index (κ2) is 5.62. The van der Waals surface area contributed by atoms with Gasteiger partial charge in [-0.2, -0.15) is 0 Å². The van der Waals surface area contributed by atoms with E-state index in [2.05, 4.69) is 31.5 Å². The number of halogens is 3. The maximum Gasteiger partial charge on any atom is 0.168 e.